The molecule has 1 aromatic rings. The van der Waals surface area contributed by atoms with Gasteiger partial charge >= 0.3 is 0 Å². The van der Waals surface area contributed by atoms with E-state index >= 15 is 0 Å². The molecule has 2 nitrogen and oxygen atoms in total. The molecule has 0 aromatic heterocycles. The van der Waals surface area contributed by atoms with Crippen molar-refractivity contribution >= 4 is 5.76 Å². The van der Waals surface area contributed by atoms with Crippen molar-refractivity contribution in [2.24, 2.45) is 0 Å². The van der Waals surface area contributed by atoms with Crippen LogP contribution in [-0.2, 0) is 11.2 Å². The summed E-state index contributed by atoms with van der Waals surface area (Å²) in [5, 5.41) is 3.15. The van der Waals surface area contributed by atoms with Crippen molar-refractivity contribution in [1.29, 1.82) is 0 Å². The van der Waals surface area contributed by atoms with Crippen molar-refractivity contribution < 1.29 is 4.74 Å². The number of hydrogen-bond donors (Lipinski definition) is 1. The molecule has 0 heterocycles. The predicted octanol–water partition coefficient (Wildman–Crippen LogP) is 2.46. The summed E-state index contributed by atoms with van der Waals surface area (Å²) in [5.74, 6) is 0.745. The summed E-state index contributed by atoms with van der Waals surface area (Å²) >= 11 is 0. The first-order chi connectivity index (χ1) is 7.29. The maximum Gasteiger partial charge on any atom is 0.119 e. The summed E-state index contributed by atoms with van der Waals surface area (Å²) in [6, 6.07) is 8.26. The van der Waals surface area contributed by atoms with Crippen molar-refractivity contribution in [3.05, 3.63) is 42.0 Å². The van der Waals surface area contributed by atoms with Gasteiger partial charge in [-0.1, -0.05) is 30.8 Å². The van der Waals surface area contributed by atoms with E-state index in [1.54, 1.807) is 7.11 Å². The van der Waals surface area contributed by atoms with Crippen molar-refractivity contribution in [3.8, 4) is 0 Å². The highest BCUT2D eigenvalue weighted by Gasteiger charge is 2.04. The Morgan fingerprint density at radius 2 is 2.13 bits per heavy atom. The van der Waals surface area contributed by atoms with Gasteiger partial charge in [0.2, 0.25) is 0 Å². The molecule has 1 rings (SSSR count). The highest BCUT2D eigenvalue weighted by molar-refractivity contribution is 5.60. The highest BCUT2D eigenvalue weighted by atomic mass is 16.5. The Balaban J connectivity index is 2.73. The van der Waals surface area contributed by atoms with Crippen LogP contribution in [0.3, 0.4) is 0 Å². The molecule has 0 saturated carbocycles. The second kappa shape index (κ2) is 6.25. The number of benzene rings is 1. The van der Waals surface area contributed by atoms with Gasteiger partial charge in [-0.05, 0) is 32.0 Å². The van der Waals surface area contributed by atoms with E-state index in [2.05, 4.69) is 30.1 Å². The molecule has 0 radical (unpaired) electrons. The van der Waals surface area contributed by atoms with E-state index in [0.29, 0.717) is 0 Å². The fourth-order valence-corrected chi connectivity index (χ4v) is 1.58. The lowest BCUT2D eigenvalue weighted by atomic mass is 10.0. The Morgan fingerprint density at radius 3 is 2.80 bits per heavy atom. The molecule has 0 aliphatic carbocycles. The lowest BCUT2D eigenvalue weighted by Gasteiger charge is -2.10. The monoisotopic (exact) mass is 205 g/mol. The highest BCUT2D eigenvalue weighted by Crippen LogP contribution is 2.19. The number of rotatable bonds is 6. The molecule has 0 saturated heterocycles. The van der Waals surface area contributed by atoms with Gasteiger partial charge in [-0.15, -0.1) is 0 Å². The van der Waals surface area contributed by atoms with E-state index in [9.17, 15) is 0 Å². The molecule has 0 fully saturated rings. The zero-order valence-corrected chi connectivity index (χ0v) is 9.55. The lowest BCUT2D eigenvalue weighted by molar-refractivity contribution is 0.371. The third-order valence-electron chi connectivity index (χ3n) is 2.44. The summed E-state index contributed by atoms with van der Waals surface area (Å²) in [4.78, 5) is 0. The SMILES string of the molecule is C=C(OC)c1ccccc1CCCNC. The third-order valence-corrected chi connectivity index (χ3v) is 2.44. The van der Waals surface area contributed by atoms with Crippen LogP contribution in [0.25, 0.3) is 5.76 Å². The largest absolute Gasteiger partial charge is 0.497 e. The van der Waals surface area contributed by atoms with E-state index in [1.807, 2.05) is 13.1 Å². The van der Waals surface area contributed by atoms with Crippen molar-refractivity contribution in [2.75, 3.05) is 20.7 Å². The zero-order valence-electron chi connectivity index (χ0n) is 9.55. The van der Waals surface area contributed by atoms with Gasteiger partial charge in [0.15, 0.2) is 0 Å². The van der Waals surface area contributed by atoms with E-state index in [4.69, 9.17) is 4.74 Å². The van der Waals surface area contributed by atoms with E-state index in [1.165, 1.54) is 5.56 Å². The minimum absolute atomic E-state index is 0.745. The first kappa shape index (κ1) is 11.8. The number of ether oxygens (including phenoxy) is 1. The summed E-state index contributed by atoms with van der Waals surface area (Å²) in [6.07, 6.45) is 2.18. The maximum absolute atomic E-state index is 5.17. The molecule has 0 aliphatic heterocycles. The minimum Gasteiger partial charge on any atom is -0.497 e. The van der Waals surface area contributed by atoms with Crippen LogP contribution in [0.15, 0.2) is 30.8 Å². The number of aryl methyl sites for hydroxylation is 1. The maximum atomic E-state index is 5.17. The average Bonchev–Trinajstić information content (AvgIpc) is 2.29. The van der Waals surface area contributed by atoms with Gasteiger partial charge in [-0.25, -0.2) is 0 Å². The molecule has 0 spiro atoms. The molecule has 0 unspecified atom stereocenters. The fourth-order valence-electron chi connectivity index (χ4n) is 1.58. The normalized spacial score (nSPS) is 10.0. The Bertz CT molecular complexity index is 320. The summed E-state index contributed by atoms with van der Waals surface area (Å²) in [5.41, 5.74) is 2.43. The van der Waals surface area contributed by atoms with Gasteiger partial charge in [-0.3, -0.25) is 0 Å². The van der Waals surface area contributed by atoms with Crippen molar-refractivity contribution in [2.45, 2.75) is 12.8 Å². The Morgan fingerprint density at radius 1 is 1.40 bits per heavy atom. The molecule has 1 aromatic carbocycles. The average molecular weight is 205 g/mol. The van der Waals surface area contributed by atoms with E-state index in [-0.39, 0.29) is 0 Å². The van der Waals surface area contributed by atoms with E-state index < -0.39 is 0 Å². The second-order valence-electron chi connectivity index (χ2n) is 3.49. The molecular formula is C13H19NO. The fraction of sp³-hybridized carbons (Fsp3) is 0.385. The third kappa shape index (κ3) is 3.40. The van der Waals surface area contributed by atoms with Gasteiger partial charge in [-0.2, -0.15) is 0 Å². The van der Waals surface area contributed by atoms with Crippen LogP contribution in [0.4, 0.5) is 0 Å². The molecule has 0 aliphatic rings. The van der Waals surface area contributed by atoms with Gasteiger partial charge < -0.3 is 10.1 Å². The van der Waals surface area contributed by atoms with E-state index in [0.717, 1.165) is 30.7 Å². The van der Waals surface area contributed by atoms with Crippen molar-refractivity contribution in [1.82, 2.24) is 5.32 Å². The van der Waals surface area contributed by atoms with Crippen LogP contribution >= 0.6 is 0 Å². The van der Waals surface area contributed by atoms with Crippen molar-refractivity contribution in [3.63, 3.8) is 0 Å². The van der Waals surface area contributed by atoms with Crippen LogP contribution in [0.1, 0.15) is 17.5 Å². The van der Waals surface area contributed by atoms with Gasteiger partial charge in [0.05, 0.1) is 7.11 Å². The molecule has 0 atom stereocenters. The lowest BCUT2D eigenvalue weighted by Crippen LogP contribution is -2.09. The molecule has 82 valence electrons. The first-order valence-electron chi connectivity index (χ1n) is 5.25. The molecule has 2 heteroatoms. The van der Waals surface area contributed by atoms with Gasteiger partial charge in [0.1, 0.15) is 5.76 Å². The summed E-state index contributed by atoms with van der Waals surface area (Å²) < 4.78 is 5.17. The molecule has 15 heavy (non-hydrogen) atoms. The van der Waals surface area contributed by atoms with Crippen LogP contribution in [0.2, 0.25) is 0 Å². The van der Waals surface area contributed by atoms with Crippen LogP contribution in [0, 0.1) is 0 Å². The smallest absolute Gasteiger partial charge is 0.119 e. The Kier molecular flexibility index (Phi) is 4.91. The first-order valence-corrected chi connectivity index (χ1v) is 5.25. The molecular weight excluding hydrogens is 186 g/mol. The van der Waals surface area contributed by atoms with Crippen LogP contribution in [0.5, 0.6) is 0 Å². The van der Waals surface area contributed by atoms with Gasteiger partial charge in [0.25, 0.3) is 0 Å². The molecule has 1 N–H and O–H groups in total. The van der Waals surface area contributed by atoms with Gasteiger partial charge in [0, 0.05) is 5.56 Å². The minimum atomic E-state index is 0.745. The number of nitrogens with one attached hydrogen (secondary N) is 1. The quantitative estimate of drug-likeness (QED) is 0.569. The number of hydrogen-bond acceptors (Lipinski definition) is 2. The van der Waals surface area contributed by atoms with Crippen LogP contribution in [-0.4, -0.2) is 20.7 Å². The zero-order chi connectivity index (χ0) is 11.1. The molecule has 0 bridgehead atoms. The number of methoxy groups -OCH3 is 1. The topological polar surface area (TPSA) is 21.3 Å². The Labute approximate surface area is 92.0 Å². The standard InChI is InChI=1S/C13H19NO/c1-11(15-3)13-9-5-4-7-12(13)8-6-10-14-2/h4-5,7,9,14H,1,6,8,10H2,2-3H3. The predicted molar refractivity (Wildman–Crippen MR) is 64.7 cm³/mol. The Hall–Kier alpha value is -1.28. The second-order valence-corrected chi connectivity index (χ2v) is 3.49. The van der Waals surface area contributed by atoms with Crippen LogP contribution < -0.4 is 5.32 Å². The summed E-state index contributed by atoms with van der Waals surface area (Å²) in [6.45, 7) is 4.93. The molecule has 0 amide bonds. The summed E-state index contributed by atoms with van der Waals surface area (Å²) in [7, 11) is 3.63.